The monoisotopic (exact) mass is 220 g/mol. The average Bonchev–Trinajstić information content (AvgIpc) is 2.16. The van der Waals surface area contributed by atoms with Gasteiger partial charge in [-0.3, -0.25) is 4.79 Å². The number of hydrogen-bond donors (Lipinski definition) is 0. The zero-order valence-corrected chi connectivity index (χ0v) is 9.85. The standard InChI is InChI=1S/C13H16OS/c1-2-15-12-8-4-7-11(9-12)13(14)10-5-3-6-10/h4,7-10H,2-3,5-6H2,1H3. The number of Topliss-reactive ketones (excluding diaryl/α,β-unsaturated/α-hetero) is 1. The van der Waals surface area contributed by atoms with Crippen LogP contribution >= 0.6 is 11.8 Å². The van der Waals surface area contributed by atoms with Crippen molar-refractivity contribution in [3.63, 3.8) is 0 Å². The topological polar surface area (TPSA) is 17.1 Å². The Balaban J connectivity index is 2.12. The number of ketones is 1. The second kappa shape index (κ2) is 4.84. The molecule has 2 rings (SSSR count). The second-order valence-corrected chi connectivity index (χ2v) is 5.29. The van der Waals surface area contributed by atoms with Crippen LogP contribution in [0.1, 0.15) is 36.5 Å². The average molecular weight is 220 g/mol. The highest BCUT2D eigenvalue weighted by atomic mass is 32.2. The number of carbonyl (C=O) groups excluding carboxylic acids is 1. The summed E-state index contributed by atoms with van der Waals surface area (Å²) in [4.78, 5) is 13.2. The molecule has 0 atom stereocenters. The molecule has 1 nitrogen and oxygen atoms in total. The SMILES string of the molecule is CCSc1cccc(C(=O)C2CCC2)c1. The summed E-state index contributed by atoms with van der Waals surface area (Å²) in [6.07, 6.45) is 3.40. The van der Waals surface area contributed by atoms with Gasteiger partial charge in [-0.1, -0.05) is 25.5 Å². The van der Waals surface area contributed by atoms with Crippen LogP contribution < -0.4 is 0 Å². The Hall–Kier alpha value is -0.760. The van der Waals surface area contributed by atoms with Gasteiger partial charge in [0.15, 0.2) is 5.78 Å². The Morgan fingerprint density at radius 1 is 1.47 bits per heavy atom. The van der Waals surface area contributed by atoms with Crippen LogP contribution in [-0.4, -0.2) is 11.5 Å². The molecule has 1 saturated carbocycles. The minimum Gasteiger partial charge on any atom is -0.294 e. The predicted molar refractivity (Wildman–Crippen MR) is 64.5 cm³/mol. The molecule has 1 fully saturated rings. The third kappa shape index (κ3) is 2.43. The summed E-state index contributed by atoms with van der Waals surface area (Å²) >= 11 is 1.79. The van der Waals surface area contributed by atoms with Crippen molar-refractivity contribution in [2.45, 2.75) is 31.1 Å². The molecule has 2 heteroatoms. The van der Waals surface area contributed by atoms with Gasteiger partial charge in [0.25, 0.3) is 0 Å². The van der Waals surface area contributed by atoms with Crippen molar-refractivity contribution in [3.05, 3.63) is 29.8 Å². The van der Waals surface area contributed by atoms with Crippen molar-refractivity contribution in [2.75, 3.05) is 5.75 Å². The summed E-state index contributed by atoms with van der Waals surface area (Å²) in [7, 11) is 0. The molecule has 0 spiro atoms. The lowest BCUT2D eigenvalue weighted by molar-refractivity contribution is 0.0855. The van der Waals surface area contributed by atoms with Gasteiger partial charge in [-0.2, -0.15) is 0 Å². The number of benzene rings is 1. The zero-order valence-electron chi connectivity index (χ0n) is 9.03. The van der Waals surface area contributed by atoms with Crippen LogP contribution in [0, 0.1) is 5.92 Å². The summed E-state index contributed by atoms with van der Waals surface area (Å²) in [6.45, 7) is 2.13. The zero-order chi connectivity index (χ0) is 10.7. The maximum Gasteiger partial charge on any atom is 0.165 e. The van der Waals surface area contributed by atoms with E-state index in [1.165, 1.54) is 11.3 Å². The van der Waals surface area contributed by atoms with Gasteiger partial charge in [-0.25, -0.2) is 0 Å². The summed E-state index contributed by atoms with van der Waals surface area (Å²) in [6, 6.07) is 8.05. The van der Waals surface area contributed by atoms with Crippen molar-refractivity contribution in [3.8, 4) is 0 Å². The van der Waals surface area contributed by atoms with Gasteiger partial charge >= 0.3 is 0 Å². The minimum absolute atomic E-state index is 0.312. The van der Waals surface area contributed by atoms with E-state index in [1.807, 2.05) is 18.2 Å². The van der Waals surface area contributed by atoms with Crippen LogP contribution in [0.5, 0.6) is 0 Å². The van der Waals surface area contributed by atoms with E-state index in [-0.39, 0.29) is 0 Å². The fraction of sp³-hybridized carbons (Fsp3) is 0.462. The molecule has 0 aliphatic heterocycles. The number of thioether (sulfide) groups is 1. The quantitative estimate of drug-likeness (QED) is 0.567. The summed E-state index contributed by atoms with van der Waals surface area (Å²) in [5, 5.41) is 0. The van der Waals surface area contributed by atoms with Crippen LogP contribution in [0.25, 0.3) is 0 Å². The normalized spacial score (nSPS) is 16.1. The molecule has 1 aliphatic carbocycles. The van der Waals surface area contributed by atoms with E-state index in [0.717, 1.165) is 24.2 Å². The first-order chi connectivity index (χ1) is 7.31. The summed E-state index contributed by atoms with van der Waals surface area (Å²) in [5.74, 6) is 1.72. The van der Waals surface area contributed by atoms with Crippen molar-refractivity contribution in [1.29, 1.82) is 0 Å². The number of hydrogen-bond acceptors (Lipinski definition) is 2. The Labute approximate surface area is 95.3 Å². The molecule has 0 heterocycles. The molecule has 0 amide bonds. The number of carbonyl (C=O) groups is 1. The van der Waals surface area contributed by atoms with Gasteiger partial charge in [0, 0.05) is 16.4 Å². The van der Waals surface area contributed by atoms with E-state index < -0.39 is 0 Å². The maximum absolute atomic E-state index is 12.0. The molecule has 0 unspecified atom stereocenters. The molecule has 1 aliphatic rings. The molecule has 0 aromatic heterocycles. The van der Waals surface area contributed by atoms with Gasteiger partial charge < -0.3 is 0 Å². The van der Waals surface area contributed by atoms with Crippen LogP contribution in [0.4, 0.5) is 0 Å². The van der Waals surface area contributed by atoms with Gasteiger partial charge in [0.1, 0.15) is 0 Å². The van der Waals surface area contributed by atoms with E-state index >= 15 is 0 Å². The third-order valence-corrected chi connectivity index (χ3v) is 3.78. The van der Waals surface area contributed by atoms with Crippen LogP contribution in [-0.2, 0) is 0 Å². The Morgan fingerprint density at radius 3 is 2.87 bits per heavy atom. The lowest BCUT2D eigenvalue weighted by atomic mass is 9.80. The summed E-state index contributed by atoms with van der Waals surface area (Å²) < 4.78 is 0. The van der Waals surface area contributed by atoms with Gasteiger partial charge in [-0.05, 0) is 30.7 Å². The van der Waals surface area contributed by atoms with E-state index in [2.05, 4.69) is 13.0 Å². The largest absolute Gasteiger partial charge is 0.294 e. The smallest absolute Gasteiger partial charge is 0.165 e. The third-order valence-electron chi connectivity index (χ3n) is 2.91. The van der Waals surface area contributed by atoms with Crippen molar-refractivity contribution in [1.82, 2.24) is 0 Å². The van der Waals surface area contributed by atoms with Crippen molar-refractivity contribution >= 4 is 17.5 Å². The molecular formula is C13H16OS. The van der Waals surface area contributed by atoms with Crippen molar-refractivity contribution in [2.24, 2.45) is 5.92 Å². The van der Waals surface area contributed by atoms with E-state index in [1.54, 1.807) is 11.8 Å². The predicted octanol–water partition coefficient (Wildman–Crippen LogP) is 3.78. The maximum atomic E-state index is 12.0. The highest BCUT2D eigenvalue weighted by Crippen LogP contribution is 2.30. The first kappa shape index (κ1) is 10.7. The van der Waals surface area contributed by atoms with E-state index in [4.69, 9.17) is 0 Å². The molecule has 1 aromatic carbocycles. The Kier molecular flexibility index (Phi) is 3.47. The van der Waals surface area contributed by atoms with Gasteiger partial charge in [0.05, 0.1) is 0 Å². The summed E-state index contributed by atoms with van der Waals surface area (Å²) in [5.41, 5.74) is 0.901. The van der Waals surface area contributed by atoms with Gasteiger partial charge in [-0.15, -0.1) is 11.8 Å². The lowest BCUT2D eigenvalue weighted by Crippen LogP contribution is -2.21. The van der Waals surface area contributed by atoms with Gasteiger partial charge in [0.2, 0.25) is 0 Å². The highest BCUT2D eigenvalue weighted by molar-refractivity contribution is 7.99. The molecule has 15 heavy (non-hydrogen) atoms. The van der Waals surface area contributed by atoms with E-state index in [0.29, 0.717) is 11.7 Å². The van der Waals surface area contributed by atoms with Crippen LogP contribution in [0.15, 0.2) is 29.2 Å². The molecule has 1 aromatic rings. The van der Waals surface area contributed by atoms with E-state index in [9.17, 15) is 4.79 Å². The molecule has 0 radical (unpaired) electrons. The van der Waals surface area contributed by atoms with Crippen LogP contribution in [0.3, 0.4) is 0 Å². The second-order valence-electron chi connectivity index (χ2n) is 3.95. The first-order valence-corrected chi connectivity index (χ1v) is 6.57. The molecule has 0 N–H and O–H groups in total. The fourth-order valence-electron chi connectivity index (χ4n) is 1.81. The fourth-order valence-corrected chi connectivity index (χ4v) is 2.53. The minimum atomic E-state index is 0.312. The Bertz CT molecular complexity index is 355. The molecule has 0 saturated heterocycles. The number of rotatable bonds is 4. The lowest BCUT2D eigenvalue weighted by Gasteiger charge is -2.23. The highest BCUT2D eigenvalue weighted by Gasteiger charge is 2.26. The Morgan fingerprint density at radius 2 is 2.27 bits per heavy atom. The van der Waals surface area contributed by atoms with Crippen LogP contribution in [0.2, 0.25) is 0 Å². The molecular weight excluding hydrogens is 204 g/mol. The molecule has 80 valence electrons. The van der Waals surface area contributed by atoms with Crippen molar-refractivity contribution < 1.29 is 4.79 Å². The molecule has 0 bridgehead atoms. The first-order valence-electron chi connectivity index (χ1n) is 5.58.